The van der Waals surface area contributed by atoms with Gasteiger partial charge in [-0.3, -0.25) is 9.48 Å². The number of hydrogen-bond donors (Lipinski definition) is 3. The predicted octanol–water partition coefficient (Wildman–Crippen LogP) is 1.53. The van der Waals surface area contributed by atoms with Gasteiger partial charge in [-0.15, -0.1) is 0 Å². The van der Waals surface area contributed by atoms with Gasteiger partial charge in [-0.25, -0.2) is 4.79 Å². The first kappa shape index (κ1) is 16.0. The highest BCUT2D eigenvalue weighted by molar-refractivity contribution is 5.88. The lowest BCUT2D eigenvalue weighted by Crippen LogP contribution is -2.30. The molecule has 0 bridgehead atoms. The van der Waals surface area contributed by atoms with Crippen molar-refractivity contribution in [2.24, 2.45) is 0 Å². The fourth-order valence-corrected chi connectivity index (χ4v) is 2.30. The first-order chi connectivity index (χ1) is 11.7. The second-order valence-corrected chi connectivity index (χ2v) is 5.88. The van der Waals surface area contributed by atoms with Crippen molar-refractivity contribution in [1.29, 1.82) is 0 Å². The number of urea groups is 1. The Balaban J connectivity index is 1.38. The zero-order valence-electron chi connectivity index (χ0n) is 13.4. The number of nitrogens with one attached hydrogen (secondary N) is 3. The van der Waals surface area contributed by atoms with E-state index in [4.69, 9.17) is 0 Å². The van der Waals surface area contributed by atoms with E-state index in [9.17, 15) is 9.59 Å². The molecule has 0 radical (unpaired) electrons. The van der Waals surface area contributed by atoms with Gasteiger partial charge < -0.3 is 16.0 Å². The summed E-state index contributed by atoms with van der Waals surface area (Å²) in [6.07, 6.45) is 6.06. The predicted molar refractivity (Wildman–Crippen MR) is 90.6 cm³/mol. The average Bonchev–Trinajstić information content (AvgIpc) is 3.27. The highest BCUT2D eigenvalue weighted by atomic mass is 16.2. The summed E-state index contributed by atoms with van der Waals surface area (Å²) in [5, 5.41) is 12.5. The molecule has 0 spiro atoms. The van der Waals surface area contributed by atoms with Crippen molar-refractivity contribution >= 4 is 17.6 Å². The molecule has 0 aliphatic heterocycles. The largest absolute Gasteiger partial charge is 0.352 e. The van der Waals surface area contributed by atoms with Crippen molar-refractivity contribution in [3.8, 4) is 0 Å². The van der Waals surface area contributed by atoms with Gasteiger partial charge >= 0.3 is 6.03 Å². The van der Waals surface area contributed by atoms with Crippen LogP contribution in [-0.2, 0) is 17.8 Å². The lowest BCUT2D eigenvalue weighted by molar-refractivity contribution is -0.122. The Morgan fingerprint density at radius 3 is 2.75 bits per heavy atom. The van der Waals surface area contributed by atoms with Gasteiger partial charge in [-0.1, -0.05) is 30.3 Å². The number of anilines is 1. The van der Waals surface area contributed by atoms with Crippen molar-refractivity contribution in [2.75, 3.05) is 11.9 Å². The molecule has 1 heterocycles. The van der Waals surface area contributed by atoms with Crippen molar-refractivity contribution in [2.45, 2.75) is 31.8 Å². The zero-order chi connectivity index (χ0) is 16.8. The van der Waals surface area contributed by atoms with Crippen molar-refractivity contribution in [1.82, 2.24) is 20.4 Å². The molecule has 2 aromatic rings. The molecule has 1 aromatic heterocycles. The maximum atomic E-state index is 11.8. The third kappa shape index (κ3) is 5.12. The average molecular weight is 327 g/mol. The smallest absolute Gasteiger partial charge is 0.319 e. The van der Waals surface area contributed by atoms with Crippen molar-refractivity contribution < 1.29 is 9.59 Å². The lowest BCUT2D eigenvalue weighted by atomic mass is 10.1. The minimum absolute atomic E-state index is 0.0561. The van der Waals surface area contributed by atoms with E-state index in [2.05, 4.69) is 21.0 Å². The third-order valence-electron chi connectivity index (χ3n) is 3.68. The molecule has 1 aliphatic rings. The van der Waals surface area contributed by atoms with Gasteiger partial charge in [-0.05, 0) is 24.8 Å². The van der Waals surface area contributed by atoms with Gasteiger partial charge in [0.05, 0.1) is 11.9 Å². The molecule has 7 heteroatoms. The number of aromatic nitrogens is 2. The van der Waals surface area contributed by atoms with Gasteiger partial charge in [0.2, 0.25) is 5.91 Å². The summed E-state index contributed by atoms with van der Waals surface area (Å²) in [7, 11) is 0. The molecule has 3 amide bonds. The Labute approximate surface area is 140 Å². The van der Waals surface area contributed by atoms with Crippen LogP contribution in [0.5, 0.6) is 0 Å². The van der Waals surface area contributed by atoms with E-state index in [1.54, 1.807) is 6.20 Å². The van der Waals surface area contributed by atoms with E-state index in [1.165, 1.54) is 16.4 Å². The molecule has 1 aromatic carbocycles. The van der Waals surface area contributed by atoms with Crippen molar-refractivity contribution in [3.63, 3.8) is 0 Å². The molecule has 24 heavy (non-hydrogen) atoms. The number of benzene rings is 1. The fraction of sp³-hybridized carbons (Fsp3) is 0.353. The Morgan fingerprint density at radius 1 is 1.21 bits per heavy atom. The quantitative estimate of drug-likeness (QED) is 0.720. The second-order valence-electron chi connectivity index (χ2n) is 5.88. The monoisotopic (exact) mass is 327 g/mol. The summed E-state index contributed by atoms with van der Waals surface area (Å²) < 4.78 is 1.51. The van der Waals surface area contributed by atoms with E-state index in [-0.39, 0.29) is 18.5 Å². The first-order valence-corrected chi connectivity index (χ1v) is 8.09. The topological polar surface area (TPSA) is 88.1 Å². The van der Waals surface area contributed by atoms with Crippen LogP contribution in [0.3, 0.4) is 0 Å². The second kappa shape index (κ2) is 7.63. The highest BCUT2D eigenvalue weighted by Crippen LogP contribution is 2.18. The number of nitrogens with zero attached hydrogens (tertiary/aromatic N) is 2. The molecular weight excluding hydrogens is 306 g/mol. The van der Waals surface area contributed by atoms with Gasteiger partial charge in [0.25, 0.3) is 0 Å². The number of carbonyl (C=O) groups is 2. The number of hydrogen-bond acceptors (Lipinski definition) is 3. The third-order valence-corrected chi connectivity index (χ3v) is 3.68. The van der Waals surface area contributed by atoms with Crippen molar-refractivity contribution in [3.05, 3.63) is 48.3 Å². The van der Waals surface area contributed by atoms with E-state index in [0.717, 1.165) is 19.3 Å². The van der Waals surface area contributed by atoms with Crippen LogP contribution in [0.2, 0.25) is 0 Å². The summed E-state index contributed by atoms with van der Waals surface area (Å²) >= 11 is 0. The Bertz CT molecular complexity index is 694. The number of amides is 3. The highest BCUT2D eigenvalue weighted by Gasteiger charge is 2.23. The SMILES string of the molecule is O=C(Cn1cc(NC(=O)NCCc2ccccc2)cn1)NC1CC1. The number of rotatable bonds is 7. The maximum absolute atomic E-state index is 11.8. The molecule has 0 atom stereocenters. The van der Waals surface area contributed by atoms with Crippen LogP contribution in [0.15, 0.2) is 42.7 Å². The minimum atomic E-state index is -0.284. The van der Waals surface area contributed by atoms with E-state index in [1.807, 2.05) is 30.3 Å². The van der Waals surface area contributed by atoms with Crippen LogP contribution < -0.4 is 16.0 Å². The first-order valence-electron chi connectivity index (χ1n) is 8.09. The summed E-state index contributed by atoms with van der Waals surface area (Å²) in [5.41, 5.74) is 1.73. The van der Waals surface area contributed by atoms with E-state index < -0.39 is 0 Å². The Kier molecular flexibility index (Phi) is 5.10. The van der Waals surface area contributed by atoms with Gasteiger partial charge in [-0.2, -0.15) is 5.10 Å². The summed E-state index contributed by atoms with van der Waals surface area (Å²) in [4.78, 5) is 23.5. The van der Waals surface area contributed by atoms with E-state index >= 15 is 0 Å². The molecule has 3 N–H and O–H groups in total. The molecule has 126 valence electrons. The molecule has 0 saturated heterocycles. The molecule has 1 aliphatic carbocycles. The van der Waals surface area contributed by atoms with E-state index in [0.29, 0.717) is 18.3 Å². The minimum Gasteiger partial charge on any atom is -0.352 e. The van der Waals surface area contributed by atoms with Crippen LogP contribution >= 0.6 is 0 Å². The van der Waals surface area contributed by atoms with Crippen LogP contribution in [0, 0.1) is 0 Å². The molecule has 7 nitrogen and oxygen atoms in total. The Morgan fingerprint density at radius 2 is 2.00 bits per heavy atom. The normalized spacial score (nSPS) is 13.3. The number of carbonyl (C=O) groups excluding carboxylic acids is 2. The molecule has 1 saturated carbocycles. The summed E-state index contributed by atoms with van der Waals surface area (Å²) in [5.74, 6) is -0.0561. The van der Waals surface area contributed by atoms with Gasteiger partial charge in [0, 0.05) is 18.8 Å². The van der Waals surface area contributed by atoms with Crippen LogP contribution in [0.1, 0.15) is 18.4 Å². The van der Waals surface area contributed by atoms with Gasteiger partial charge in [0.15, 0.2) is 0 Å². The zero-order valence-corrected chi connectivity index (χ0v) is 13.4. The lowest BCUT2D eigenvalue weighted by Gasteiger charge is -2.06. The maximum Gasteiger partial charge on any atom is 0.319 e. The van der Waals surface area contributed by atoms with Gasteiger partial charge in [0.1, 0.15) is 6.54 Å². The van der Waals surface area contributed by atoms with Crippen LogP contribution in [0.4, 0.5) is 10.5 Å². The van der Waals surface area contributed by atoms with Crippen LogP contribution in [0.25, 0.3) is 0 Å². The molecule has 3 rings (SSSR count). The summed E-state index contributed by atoms with van der Waals surface area (Å²) in [6, 6.07) is 10.0. The summed E-state index contributed by atoms with van der Waals surface area (Å²) in [6.45, 7) is 0.710. The standard InChI is InChI=1S/C17H21N5O2/c23-16(20-14-6-7-14)12-22-11-15(10-19-22)21-17(24)18-9-8-13-4-2-1-3-5-13/h1-5,10-11,14H,6-9,12H2,(H,20,23)(H2,18,21,24). The Hall–Kier alpha value is -2.83. The van der Waals surface area contributed by atoms with Crippen LogP contribution in [-0.4, -0.2) is 34.3 Å². The molecule has 0 unspecified atom stereocenters. The molecule has 1 fully saturated rings. The fourth-order valence-electron chi connectivity index (χ4n) is 2.30. The molecular formula is C17H21N5O2.